The highest BCUT2D eigenvalue weighted by Crippen LogP contribution is 2.59. The van der Waals surface area contributed by atoms with E-state index in [4.69, 9.17) is 30.3 Å². The van der Waals surface area contributed by atoms with Gasteiger partial charge in [0.05, 0.1) is 59.0 Å². The van der Waals surface area contributed by atoms with E-state index in [1.807, 2.05) is 6.07 Å². The van der Waals surface area contributed by atoms with Crippen molar-refractivity contribution < 1.29 is 23.7 Å². The number of hydrogen-bond donors (Lipinski definition) is 0. The highest BCUT2D eigenvalue weighted by atomic mass is 16.5. The molecule has 0 bridgehead atoms. The van der Waals surface area contributed by atoms with Crippen LogP contribution in [0.1, 0.15) is 41.7 Å². The van der Waals surface area contributed by atoms with Crippen LogP contribution in [0.3, 0.4) is 0 Å². The lowest BCUT2D eigenvalue weighted by molar-refractivity contribution is 0.122. The summed E-state index contributed by atoms with van der Waals surface area (Å²) in [6, 6.07) is 28.5. The first-order valence-electron chi connectivity index (χ1n) is 20.2. The largest absolute Gasteiger partial charge is 0.495 e. The number of anilines is 3. The van der Waals surface area contributed by atoms with Crippen LogP contribution in [-0.2, 0) is 25.2 Å². The van der Waals surface area contributed by atoms with Crippen molar-refractivity contribution >= 4 is 39.6 Å². The zero-order valence-corrected chi connectivity index (χ0v) is 33.0. The Bertz CT molecular complexity index is 2350. The van der Waals surface area contributed by atoms with E-state index in [9.17, 15) is 0 Å². The Morgan fingerprint density at radius 3 is 1.77 bits per heavy atom. The lowest BCUT2D eigenvalue weighted by Crippen LogP contribution is -2.37. The van der Waals surface area contributed by atoms with Crippen molar-refractivity contribution in [2.24, 2.45) is 0 Å². The fraction of sp³-hybridized carbons (Fsp3) is 0.354. The molecule has 3 fully saturated rings. The van der Waals surface area contributed by atoms with Crippen molar-refractivity contribution in [2.45, 2.75) is 24.9 Å². The number of methoxy groups -OCH3 is 1. The van der Waals surface area contributed by atoms with Gasteiger partial charge in [0.15, 0.2) is 11.3 Å². The lowest BCUT2D eigenvalue weighted by Gasteiger charge is -2.39. The van der Waals surface area contributed by atoms with Crippen LogP contribution < -0.4 is 24.2 Å². The number of rotatable bonds is 6. The molecular weight excluding hydrogens is 713 g/mol. The third-order valence-corrected chi connectivity index (χ3v) is 12.7. The second kappa shape index (κ2) is 14.1. The van der Waals surface area contributed by atoms with Gasteiger partial charge in [-0.05, 0) is 70.1 Å². The number of ether oxygens (including phenoxy) is 5. The predicted octanol–water partition coefficient (Wildman–Crippen LogP) is 8.56. The van der Waals surface area contributed by atoms with Crippen molar-refractivity contribution in [3.8, 4) is 22.6 Å². The maximum absolute atomic E-state index is 7.86. The molecule has 0 radical (unpaired) electrons. The number of nitrogens with zero attached hydrogens (tertiary/aromatic N) is 4. The summed E-state index contributed by atoms with van der Waals surface area (Å²) in [5.74, 6) is 1.64. The molecule has 0 aromatic heterocycles. The highest BCUT2D eigenvalue weighted by molar-refractivity contribution is 6.10. The van der Waals surface area contributed by atoms with Crippen molar-refractivity contribution in [1.29, 1.82) is 0 Å². The topological polar surface area (TPSA) is 60.2 Å². The van der Waals surface area contributed by atoms with Gasteiger partial charge in [-0.1, -0.05) is 62.4 Å². The fourth-order valence-electron chi connectivity index (χ4n) is 9.73. The smallest absolute Gasteiger partial charge is 0.187 e. The van der Waals surface area contributed by atoms with Gasteiger partial charge in [-0.15, -0.1) is 0 Å². The molecule has 290 valence electrons. The second-order valence-electron chi connectivity index (χ2n) is 16.1. The first-order chi connectivity index (χ1) is 27.9. The first kappa shape index (κ1) is 35.9. The van der Waals surface area contributed by atoms with E-state index in [1.54, 1.807) is 7.11 Å². The van der Waals surface area contributed by atoms with Gasteiger partial charge in [0.25, 0.3) is 0 Å². The molecule has 0 spiro atoms. The van der Waals surface area contributed by atoms with E-state index >= 15 is 0 Å². The lowest BCUT2D eigenvalue weighted by atomic mass is 9.76. The summed E-state index contributed by atoms with van der Waals surface area (Å²) < 4.78 is 31.0. The number of hydrogen-bond acceptors (Lipinski definition) is 8. The molecule has 5 aromatic carbocycles. The summed E-state index contributed by atoms with van der Waals surface area (Å²) >= 11 is 0. The van der Waals surface area contributed by atoms with Gasteiger partial charge >= 0.3 is 0 Å². The van der Waals surface area contributed by atoms with Gasteiger partial charge in [-0.3, -0.25) is 0 Å². The quantitative estimate of drug-likeness (QED) is 0.160. The second-order valence-corrected chi connectivity index (χ2v) is 16.1. The standard InChI is InChI=1S/C48H48N4O5/c1-47(2)41-29-34(49-3)9-14-37(41)44-39-30-42(52-21-27-56-28-22-52)43(53-4)31-40(39)46-38(45(44)47)15-16-48(57-46,32-5-10-35(11-6-32)50-17-23-54-24-18-50)33-7-12-36(13-8-33)51-19-25-55-26-20-51/h5-16,29-31H,17-28H2,1-2,4H3. The van der Waals surface area contributed by atoms with Crippen LogP contribution in [0.2, 0.25) is 0 Å². The molecule has 0 amide bonds. The summed E-state index contributed by atoms with van der Waals surface area (Å²) in [4.78, 5) is 11.0. The average molecular weight is 761 g/mol. The maximum atomic E-state index is 7.86. The molecule has 3 saturated heterocycles. The van der Waals surface area contributed by atoms with Crippen LogP contribution in [0.15, 0.2) is 84.9 Å². The first-order valence-corrected chi connectivity index (χ1v) is 20.2. The van der Waals surface area contributed by atoms with E-state index in [2.05, 4.69) is 118 Å². The molecule has 0 atom stereocenters. The fourth-order valence-corrected chi connectivity index (χ4v) is 9.73. The van der Waals surface area contributed by atoms with E-state index in [1.165, 1.54) is 22.5 Å². The molecule has 57 heavy (non-hydrogen) atoms. The van der Waals surface area contributed by atoms with E-state index in [0.29, 0.717) is 18.9 Å². The minimum absolute atomic E-state index is 0.393. The summed E-state index contributed by atoms with van der Waals surface area (Å²) in [7, 11) is 1.76. The molecule has 10 rings (SSSR count). The molecule has 5 aromatic rings. The minimum Gasteiger partial charge on any atom is -0.495 e. The summed E-state index contributed by atoms with van der Waals surface area (Å²) in [6.45, 7) is 21.8. The Balaban J connectivity index is 1.19. The molecule has 5 aliphatic rings. The highest BCUT2D eigenvalue weighted by Gasteiger charge is 2.45. The average Bonchev–Trinajstić information content (AvgIpc) is 3.52. The zero-order valence-electron chi connectivity index (χ0n) is 33.0. The van der Waals surface area contributed by atoms with Crippen LogP contribution >= 0.6 is 0 Å². The molecule has 9 nitrogen and oxygen atoms in total. The Morgan fingerprint density at radius 1 is 0.667 bits per heavy atom. The van der Waals surface area contributed by atoms with Crippen LogP contribution in [0.5, 0.6) is 11.5 Å². The van der Waals surface area contributed by atoms with Crippen LogP contribution in [0.25, 0.3) is 32.8 Å². The van der Waals surface area contributed by atoms with E-state index in [-0.39, 0.29) is 0 Å². The van der Waals surface area contributed by atoms with Gasteiger partial charge in [0.1, 0.15) is 11.5 Å². The Hall–Kier alpha value is -5.53. The monoisotopic (exact) mass is 760 g/mol. The van der Waals surface area contributed by atoms with Crippen LogP contribution in [-0.4, -0.2) is 86.0 Å². The van der Waals surface area contributed by atoms with Gasteiger partial charge in [-0.2, -0.15) is 0 Å². The Morgan fingerprint density at radius 2 is 1.23 bits per heavy atom. The predicted molar refractivity (Wildman–Crippen MR) is 227 cm³/mol. The van der Waals surface area contributed by atoms with E-state index < -0.39 is 11.0 Å². The van der Waals surface area contributed by atoms with Gasteiger partial charge in [-0.25, -0.2) is 4.85 Å². The SMILES string of the molecule is [C-]#[N+]c1ccc2c(c1)C(C)(C)c1c3c(c4cc(OC)c(N5CCOCC5)cc4c1-2)OC(c1ccc(N2CCOCC2)cc1)(c1ccc(N2CCOCC2)cc1)C=C3. The Kier molecular flexibility index (Phi) is 8.89. The van der Waals surface area contributed by atoms with Gasteiger partial charge < -0.3 is 38.4 Å². The van der Waals surface area contributed by atoms with Crippen molar-refractivity contribution in [3.63, 3.8) is 0 Å². The summed E-state index contributed by atoms with van der Waals surface area (Å²) in [5, 5.41) is 2.11. The maximum Gasteiger partial charge on any atom is 0.187 e. The van der Waals surface area contributed by atoms with Crippen molar-refractivity contribution in [3.05, 3.63) is 124 Å². The van der Waals surface area contributed by atoms with Crippen LogP contribution in [0, 0.1) is 6.57 Å². The third-order valence-electron chi connectivity index (χ3n) is 12.7. The number of morpholine rings is 3. The minimum atomic E-state index is -0.926. The van der Waals surface area contributed by atoms with Crippen molar-refractivity contribution in [2.75, 3.05) is 101 Å². The molecule has 1 aliphatic carbocycles. The summed E-state index contributed by atoms with van der Waals surface area (Å²) in [6.07, 6.45) is 4.56. The molecule has 0 N–H and O–H groups in total. The zero-order chi connectivity index (χ0) is 38.7. The Labute approximate surface area is 334 Å². The third kappa shape index (κ3) is 5.84. The normalized spacial score (nSPS) is 19.4. The molecule has 0 saturated carbocycles. The number of benzene rings is 5. The van der Waals surface area contributed by atoms with Crippen LogP contribution in [0.4, 0.5) is 22.7 Å². The van der Waals surface area contributed by atoms with Crippen molar-refractivity contribution in [1.82, 2.24) is 0 Å². The van der Waals surface area contributed by atoms with Gasteiger partial charge in [0.2, 0.25) is 0 Å². The number of fused-ring (bicyclic) bond motifs is 8. The summed E-state index contributed by atoms with van der Waals surface area (Å²) in [5.41, 5.74) is 10.6. The van der Waals surface area contributed by atoms with E-state index in [0.717, 1.165) is 121 Å². The molecular formula is C48H48N4O5. The molecule has 4 aliphatic heterocycles. The molecule has 9 heteroatoms. The van der Waals surface area contributed by atoms with Gasteiger partial charge in [0, 0.05) is 78.1 Å². The molecule has 4 heterocycles. The molecule has 0 unspecified atom stereocenters.